The van der Waals surface area contributed by atoms with Crippen LogP contribution < -0.4 is 15.2 Å². The van der Waals surface area contributed by atoms with Gasteiger partial charge in [0.05, 0.1) is 5.56 Å². The Kier molecular flexibility index (Phi) is 4.75. The van der Waals surface area contributed by atoms with Gasteiger partial charge in [-0.05, 0) is 44.9 Å². The summed E-state index contributed by atoms with van der Waals surface area (Å²) in [6, 6.07) is 7.74. The van der Waals surface area contributed by atoms with Crippen LogP contribution in [0.3, 0.4) is 0 Å². The summed E-state index contributed by atoms with van der Waals surface area (Å²) in [5.74, 6) is 1.06. The summed E-state index contributed by atoms with van der Waals surface area (Å²) in [6.45, 7) is 6.14. The number of primary amides is 1. The molecule has 0 atom stereocenters. The maximum atomic E-state index is 13.1. The monoisotopic (exact) mass is 383 g/mol. The first-order valence-corrected chi connectivity index (χ1v) is 9.63. The first-order valence-electron chi connectivity index (χ1n) is 9.63. The van der Waals surface area contributed by atoms with Gasteiger partial charge in [-0.15, -0.1) is 0 Å². The molecule has 2 aromatic rings. The van der Waals surface area contributed by atoms with Crippen LogP contribution in [0, 0.1) is 19.8 Å². The lowest BCUT2D eigenvalue weighted by molar-refractivity contribution is -0.123. The number of hydrogen-bond acceptors (Lipinski definition) is 4. The van der Waals surface area contributed by atoms with Gasteiger partial charge in [0.1, 0.15) is 13.2 Å². The van der Waals surface area contributed by atoms with E-state index < -0.39 is 0 Å². The van der Waals surface area contributed by atoms with Gasteiger partial charge < -0.3 is 24.7 Å². The number of nitrogens with zero attached hydrogens (tertiary/aromatic N) is 2. The van der Waals surface area contributed by atoms with E-state index in [1.54, 1.807) is 0 Å². The number of nitrogens with two attached hydrogens (primary N) is 1. The number of amides is 2. The lowest BCUT2D eigenvalue weighted by Crippen LogP contribution is -2.41. The second-order valence-electron chi connectivity index (χ2n) is 7.42. The summed E-state index contributed by atoms with van der Waals surface area (Å²) in [6.07, 6.45) is 1.25. The second-order valence-corrected chi connectivity index (χ2v) is 7.42. The van der Waals surface area contributed by atoms with Gasteiger partial charge in [0.2, 0.25) is 5.91 Å². The third-order valence-electron chi connectivity index (χ3n) is 5.63. The van der Waals surface area contributed by atoms with Crippen molar-refractivity contribution in [1.29, 1.82) is 0 Å². The summed E-state index contributed by atoms with van der Waals surface area (Å²) < 4.78 is 13.3. The van der Waals surface area contributed by atoms with Crippen molar-refractivity contribution in [2.45, 2.75) is 26.7 Å². The number of carbonyl (C=O) groups is 2. The van der Waals surface area contributed by atoms with E-state index in [1.165, 1.54) is 0 Å². The molecule has 2 amide bonds. The largest absolute Gasteiger partial charge is 0.486 e. The molecular formula is C21H25N3O4. The van der Waals surface area contributed by atoms with Crippen molar-refractivity contribution in [2.24, 2.45) is 11.7 Å². The molecule has 0 unspecified atom stereocenters. The molecule has 4 rings (SSSR count). The minimum atomic E-state index is -0.274. The number of fused-ring (bicyclic) bond motifs is 1. The van der Waals surface area contributed by atoms with Crippen LogP contribution in [0.2, 0.25) is 0 Å². The van der Waals surface area contributed by atoms with Crippen molar-refractivity contribution in [3.8, 4) is 17.2 Å². The zero-order chi connectivity index (χ0) is 19.8. The molecule has 0 spiro atoms. The Bertz CT molecular complexity index is 926. The fourth-order valence-corrected chi connectivity index (χ4v) is 4.09. The molecule has 3 heterocycles. The average Bonchev–Trinajstić information content (AvgIpc) is 3.01. The highest BCUT2D eigenvalue weighted by Gasteiger charge is 2.28. The highest BCUT2D eigenvalue weighted by atomic mass is 16.6. The Morgan fingerprint density at radius 1 is 1.04 bits per heavy atom. The fraction of sp³-hybridized carbons (Fsp3) is 0.429. The Labute approximate surface area is 164 Å². The summed E-state index contributed by atoms with van der Waals surface area (Å²) in [5, 5.41) is 0. The van der Waals surface area contributed by atoms with Crippen LogP contribution in [0.4, 0.5) is 0 Å². The smallest absolute Gasteiger partial charge is 0.255 e. The molecular weight excluding hydrogens is 358 g/mol. The zero-order valence-corrected chi connectivity index (χ0v) is 16.2. The molecule has 1 aromatic carbocycles. The van der Waals surface area contributed by atoms with Crippen molar-refractivity contribution in [1.82, 2.24) is 9.47 Å². The van der Waals surface area contributed by atoms with Gasteiger partial charge in [0.15, 0.2) is 11.5 Å². The molecule has 1 saturated heterocycles. The number of rotatable bonds is 3. The normalized spacial score (nSPS) is 16.9. The molecule has 7 heteroatoms. The van der Waals surface area contributed by atoms with Crippen LogP contribution in [0.5, 0.6) is 11.5 Å². The van der Waals surface area contributed by atoms with Gasteiger partial charge in [-0.1, -0.05) is 0 Å². The molecule has 1 aromatic heterocycles. The van der Waals surface area contributed by atoms with E-state index in [1.807, 2.05) is 43.0 Å². The van der Waals surface area contributed by atoms with E-state index in [-0.39, 0.29) is 17.7 Å². The third-order valence-corrected chi connectivity index (χ3v) is 5.63. The lowest BCUT2D eigenvalue weighted by Gasteiger charge is -2.30. The molecule has 0 bridgehead atoms. The topological polar surface area (TPSA) is 86.8 Å². The molecule has 1 fully saturated rings. The predicted octanol–water partition coefficient (Wildman–Crippen LogP) is 2.20. The first-order chi connectivity index (χ1) is 13.5. The zero-order valence-electron chi connectivity index (χ0n) is 16.2. The second kappa shape index (κ2) is 7.22. The number of benzene rings is 1. The Morgan fingerprint density at radius 3 is 2.39 bits per heavy atom. The molecule has 0 saturated carbocycles. The maximum absolute atomic E-state index is 13.1. The average molecular weight is 383 g/mol. The maximum Gasteiger partial charge on any atom is 0.255 e. The van der Waals surface area contributed by atoms with Crippen LogP contribution in [-0.2, 0) is 4.79 Å². The van der Waals surface area contributed by atoms with Gasteiger partial charge in [0.25, 0.3) is 5.91 Å². The van der Waals surface area contributed by atoms with Crippen LogP contribution in [-0.4, -0.2) is 47.6 Å². The molecule has 28 heavy (non-hydrogen) atoms. The van der Waals surface area contributed by atoms with E-state index in [2.05, 4.69) is 4.57 Å². The van der Waals surface area contributed by atoms with Crippen LogP contribution in [0.25, 0.3) is 5.69 Å². The number of likely N-dealkylation sites (tertiary alicyclic amines) is 1. The van der Waals surface area contributed by atoms with Crippen molar-refractivity contribution in [3.63, 3.8) is 0 Å². The summed E-state index contributed by atoms with van der Waals surface area (Å²) >= 11 is 0. The van der Waals surface area contributed by atoms with Crippen LogP contribution in [0.15, 0.2) is 24.3 Å². The highest BCUT2D eigenvalue weighted by Crippen LogP contribution is 2.33. The van der Waals surface area contributed by atoms with Crippen molar-refractivity contribution < 1.29 is 19.1 Å². The highest BCUT2D eigenvalue weighted by molar-refractivity contribution is 5.96. The van der Waals surface area contributed by atoms with E-state index in [9.17, 15) is 9.59 Å². The Morgan fingerprint density at radius 2 is 1.71 bits per heavy atom. The van der Waals surface area contributed by atoms with E-state index in [4.69, 9.17) is 15.2 Å². The van der Waals surface area contributed by atoms with E-state index in [0.717, 1.165) is 28.6 Å². The quantitative estimate of drug-likeness (QED) is 0.880. The molecule has 2 N–H and O–H groups in total. The number of aromatic nitrogens is 1. The summed E-state index contributed by atoms with van der Waals surface area (Å²) in [4.78, 5) is 26.3. The molecule has 2 aliphatic heterocycles. The summed E-state index contributed by atoms with van der Waals surface area (Å²) in [5.41, 5.74) is 8.88. The van der Waals surface area contributed by atoms with Crippen LogP contribution in [0.1, 0.15) is 34.6 Å². The molecule has 7 nitrogen and oxygen atoms in total. The minimum Gasteiger partial charge on any atom is -0.486 e. The number of piperidine rings is 1. The van der Waals surface area contributed by atoms with Gasteiger partial charge >= 0.3 is 0 Å². The van der Waals surface area contributed by atoms with Crippen molar-refractivity contribution >= 4 is 11.8 Å². The fourth-order valence-electron chi connectivity index (χ4n) is 4.09. The molecule has 2 aliphatic rings. The van der Waals surface area contributed by atoms with Gasteiger partial charge in [0, 0.05) is 42.1 Å². The van der Waals surface area contributed by atoms with E-state index in [0.29, 0.717) is 44.7 Å². The third kappa shape index (κ3) is 3.21. The molecule has 148 valence electrons. The van der Waals surface area contributed by atoms with Gasteiger partial charge in [-0.3, -0.25) is 9.59 Å². The van der Waals surface area contributed by atoms with Gasteiger partial charge in [-0.25, -0.2) is 0 Å². The predicted molar refractivity (Wildman–Crippen MR) is 104 cm³/mol. The minimum absolute atomic E-state index is 0.000172. The van der Waals surface area contributed by atoms with Gasteiger partial charge in [-0.2, -0.15) is 0 Å². The Hall–Kier alpha value is -2.96. The summed E-state index contributed by atoms with van der Waals surface area (Å²) in [7, 11) is 0. The van der Waals surface area contributed by atoms with Crippen molar-refractivity contribution in [2.75, 3.05) is 26.3 Å². The number of aryl methyl sites for hydroxylation is 1. The molecule has 0 aliphatic carbocycles. The SMILES string of the molecule is Cc1cc(C(=O)N2CCC(C(N)=O)CC2)c(C)n1-c1ccc2c(c1)OCCO2. The number of hydrogen-bond donors (Lipinski definition) is 1. The lowest BCUT2D eigenvalue weighted by atomic mass is 9.96. The number of carbonyl (C=O) groups excluding carboxylic acids is 2. The number of ether oxygens (including phenoxy) is 2. The van der Waals surface area contributed by atoms with E-state index >= 15 is 0 Å². The molecule has 0 radical (unpaired) electrons. The van der Waals surface area contributed by atoms with Crippen LogP contribution >= 0.6 is 0 Å². The van der Waals surface area contributed by atoms with Crippen molar-refractivity contribution in [3.05, 3.63) is 41.2 Å². The first kappa shape index (κ1) is 18.4. The standard InChI is InChI=1S/C21H25N3O4/c1-13-11-17(21(26)23-7-5-15(6-8-23)20(22)25)14(2)24(13)16-3-4-18-19(12-16)28-10-9-27-18/h3-4,11-12,15H,5-10H2,1-2H3,(H2,22,25). The Balaban J connectivity index is 1.59.